The third-order valence-corrected chi connectivity index (χ3v) is 0. The molecule has 0 unspecified atom stereocenters. The summed E-state index contributed by atoms with van der Waals surface area (Å²) in [4.78, 5) is 23.3. The topological polar surface area (TPSA) is 163 Å². The smallest absolute Gasteiger partial charge is 0.322 e. The van der Waals surface area contributed by atoms with Gasteiger partial charge in [-0.15, -0.1) is 0 Å². The number of rotatable bonds is 0. The lowest BCUT2D eigenvalue weighted by Crippen LogP contribution is -1.64. The maximum absolute atomic E-state index is 10.2. The zero-order valence-electron chi connectivity index (χ0n) is 21.5. The van der Waals surface area contributed by atoms with E-state index in [1.165, 1.54) is 13.3 Å². The van der Waals surface area contributed by atoms with Gasteiger partial charge in [0.25, 0.3) is 0 Å². The van der Waals surface area contributed by atoms with Crippen LogP contribution in [0.1, 0.15) is 0 Å². The average molecular weight is 558 g/mol. The predicted octanol–water partition coefficient (Wildman–Crippen LogP) is 5.27. The van der Waals surface area contributed by atoms with Crippen molar-refractivity contribution in [1.82, 2.24) is 0 Å². The summed E-state index contributed by atoms with van der Waals surface area (Å²) in [6.45, 7) is 24.4. The molecule has 0 saturated carbocycles. The maximum Gasteiger partial charge on any atom is 0.322 e. The van der Waals surface area contributed by atoms with Crippen molar-refractivity contribution in [2.75, 3.05) is 100.0 Å². The highest BCUT2D eigenvalue weighted by Gasteiger charge is 1.95. The molecule has 0 aromatic rings. The lowest BCUT2D eigenvalue weighted by Gasteiger charge is -1.86. The molecule has 9 nitrogen and oxygen atoms in total. The fraction of sp³-hybridized carbons (Fsp3) is 1.00. The fourth-order valence-corrected chi connectivity index (χ4v) is 0. The Morgan fingerprint density at radius 3 is 0.333 bits per heavy atom. The Labute approximate surface area is 185 Å². The molecule has 3 N–H and O–H groups in total. The summed E-state index contributed by atoms with van der Waals surface area (Å²) in [6.07, 6.45) is 0. The monoisotopic (exact) mass is 558 g/mol. The van der Waals surface area contributed by atoms with E-state index in [9.17, 15) is 27.4 Å². The van der Waals surface area contributed by atoms with Gasteiger partial charge in [-0.1, -0.05) is 0 Å². The molecule has 0 aliphatic heterocycles. The van der Waals surface area contributed by atoms with Crippen LogP contribution < -0.4 is 0 Å². The van der Waals surface area contributed by atoms with Gasteiger partial charge in [-0.2, -0.15) is 0 Å². The van der Waals surface area contributed by atoms with Crippen molar-refractivity contribution in [3.8, 4) is 0 Å². The molecule has 192 valence electrons. The van der Waals surface area contributed by atoms with Crippen LogP contribution in [0, 0.1) is 0 Å². The van der Waals surface area contributed by atoms with Gasteiger partial charge in [0, 0.05) is 20.0 Å². The van der Waals surface area contributed by atoms with E-state index in [1.54, 1.807) is 80.0 Å². The Kier molecular flexibility index (Phi) is 27.9. The molecule has 0 bridgehead atoms. The maximum atomic E-state index is 10.2. The molecule has 0 aliphatic rings. The van der Waals surface area contributed by atoms with Gasteiger partial charge in [-0.3, -0.25) is 9.13 Å². The van der Waals surface area contributed by atoms with Crippen molar-refractivity contribution in [1.29, 1.82) is 0 Å². The molecule has 30 heavy (non-hydrogen) atoms. The predicted molar refractivity (Wildman–Crippen MR) is 141 cm³/mol. The summed E-state index contributed by atoms with van der Waals surface area (Å²) in [7, 11) is -12.8. The second kappa shape index (κ2) is 18.7. The molecule has 0 radical (unpaired) electrons. The Morgan fingerprint density at radius 2 is 0.333 bits per heavy atom. The molecular formula is C15H48O9P6. The standard InChI is InChI=1S/4C3H9OP.C2H7O2P.CH5O3P/c6*1-5(2,3)4/h4*1-3H3;1-2H3,(H,3,4);1H3,(H2,2,3,4). The van der Waals surface area contributed by atoms with Crippen LogP contribution in [0.2, 0.25) is 0 Å². The van der Waals surface area contributed by atoms with E-state index in [-0.39, 0.29) is 0 Å². The summed E-state index contributed by atoms with van der Waals surface area (Å²) < 4.78 is 60.0. The minimum Gasteiger partial charge on any atom is -0.345 e. The Morgan fingerprint density at radius 1 is 0.333 bits per heavy atom. The van der Waals surface area contributed by atoms with E-state index in [2.05, 4.69) is 0 Å². The number of hydrogen-bond acceptors (Lipinski definition) is 6. The van der Waals surface area contributed by atoms with Crippen LogP contribution in [0.25, 0.3) is 0 Å². The minimum absolute atomic E-state index is 0.854. The third kappa shape index (κ3) is 14700. The second-order valence-electron chi connectivity index (χ2n) is 9.69. The molecule has 0 aromatic heterocycles. The van der Waals surface area contributed by atoms with E-state index in [4.69, 9.17) is 14.7 Å². The van der Waals surface area contributed by atoms with E-state index in [0.717, 1.165) is 6.66 Å². The zero-order valence-corrected chi connectivity index (χ0v) is 26.8. The molecule has 0 aliphatic carbocycles. The van der Waals surface area contributed by atoms with Gasteiger partial charge in [0.2, 0.25) is 0 Å². The van der Waals surface area contributed by atoms with Crippen molar-refractivity contribution >= 4 is 43.5 Å². The van der Waals surface area contributed by atoms with Crippen molar-refractivity contribution in [2.45, 2.75) is 0 Å². The van der Waals surface area contributed by atoms with Gasteiger partial charge in [-0.25, -0.2) is 0 Å². The van der Waals surface area contributed by atoms with Crippen LogP contribution in [-0.4, -0.2) is 115 Å². The molecule has 0 heterocycles. The van der Waals surface area contributed by atoms with Gasteiger partial charge in [0.1, 0.15) is 0 Å². The van der Waals surface area contributed by atoms with Gasteiger partial charge in [0.05, 0.1) is 28.6 Å². The fourth-order valence-electron chi connectivity index (χ4n) is 0. The Balaban J connectivity index is -0.0000000576. The SMILES string of the molecule is CP(=O)(O)O.CP(C)(=O)O.CP(C)(C)=O.CP(C)(C)=O.CP(C)(C)=O.CP(C)(C)=O. The van der Waals surface area contributed by atoms with Gasteiger partial charge in [-0.05, 0) is 80.0 Å². The quantitative estimate of drug-likeness (QED) is 0.336. The van der Waals surface area contributed by atoms with Crippen LogP contribution in [0.15, 0.2) is 0 Å². The van der Waals surface area contributed by atoms with Crippen LogP contribution in [0.4, 0.5) is 0 Å². The lowest BCUT2D eigenvalue weighted by atomic mass is 11.9. The largest absolute Gasteiger partial charge is 0.345 e. The second-order valence-corrected chi connectivity index (χ2v) is 29.1. The first-order valence-electron chi connectivity index (χ1n) is 8.40. The summed E-state index contributed by atoms with van der Waals surface area (Å²) in [5.41, 5.74) is 0. The molecule has 0 fully saturated rings. The first-order chi connectivity index (χ1) is 12.0. The molecule has 0 atom stereocenters. The molecule has 0 amide bonds. The molecular weight excluding hydrogens is 510 g/mol. The van der Waals surface area contributed by atoms with E-state index >= 15 is 0 Å². The highest BCUT2D eigenvalue weighted by atomic mass is 31.2. The average Bonchev–Trinajstić information content (AvgIpc) is 1.94. The third-order valence-electron chi connectivity index (χ3n) is 0. The summed E-state index contributed by atoms with van der Waals surface area (Å²) in [5.74, 6) is 0. The van der Waals surface area contributed by atoms with Crippen molar-refractivity contribution < 1.29 is 42.1 Å². The zero-order chi connectivity index (χ0) is 27.0. The number of hydrogen-bond donors (Lipinski definition) is 3. The van der Waals surface area contributed by atoms with Gasteiger partial charge >= 0.3 is 7.60 Å². The highest BCUT2D eigenvalue weighted by Crippen LogP contribution is 2.30. The van der Waals surface area contributed by atoms with E-state index in [0.29, 0.717) is 0 Å². The minimum atomic E-state index is -3.64. The summed E-state index contributed by atoms with van der Waals surface area (Å²) >= 11 is 0. The first kappa shape index (κ1) is 44.9. The van der Waals surface area contributed by atoms with Crippen LogP contribution in [-0.2, 0) is 27.4 Å². The van der Waals surface area contributed by atoms with Crippen LogP contribution in [0.5, 0.6) is 0 Å². The van der Waals surface area contributed by atoms with Crippen LogP contribution in [0.3, 0.4) is 0 Å². The highest BCUT2D eigenvalue weighted by molar-refractivity contribution is 7.62. The molecule has 0 rings (SSSR count). The molecule has 0 aromatic carbocycles. The Hall–Kier alpha value is 1.26. The summed E-state index contributed by atoms with van der Waals surface area (Å²) in [5, 5.41) is 0. The molecule has 0 saturated heterocycles. The first-order valence-corrected chi connectivity index (χ1v) is 25.2. The van der Waals surface area contributed by atoms with Crippen LogP contribution >= 0.6 is 43.5 Å². The van der Waals surface area contributed by atoms with Crippen molar-refractivity contribution in [3.63, 3.8) is 0 Å². The Bertz CT molecular complexity index is 477. The molecule has 15 heteroatoms. The lowest BCUT2D eigenvalue weighted by molar-refractivity contribution is 0.381. The van der Waals surface area contributed by atoms with Gasteiger partial charge in [0.15, 0.2) is 7.37 Å². The summed E-state index contributed by atoms with van der Waals surface area (Å²) in [6, 6.07) is 0. The normalized spacial score (nSPS) is 11.8. The van der Waals surface area contributed by atoms with E-state index < -0.39 is 43.5 Å². The van der Waals surface area contributed by atoms with Crippen molar-refractivity contribution in [2.24, 2.45) is 0 Å². The van der Waals surface area contributed by atoms with Crippen molar-refractivity contribution in [3.05, 3.63) is 0 Å². The van der Waals surface area contributed by atoms with Gasteiger partial charge < -0.3 is 32.9 Å². The van der Waals surface area contributed by atoms with E-state index in [1.807, 2.05) is 0 Å². The molecule has 0 spiro atoms.